The summed E-state index contributed by atoms with van der Waals surface area (Å²) in [4.78, 5) is 30.1. The first kappa shape index (κ1) is 33.2. The molecule has 2 aromatic carbocycles. The van der Waals surface area contributed by atoms with Crippen molar-refractivity contribution < 1.29 is 39.1 Å². The molecular weight excluding hydrogens is 725 g/mol. The molecule has 10 heteroatoms. The summed E-state index contributed by atoms with van der Waals surface area (Å²) in [5.41, 5.74) is -2.86. The summed E-state index contributed by atoms with van der Waals surface area (Å²) in [6.45, 7) is 3.27. The predicted octanol–water partition coefficient (Wildman–Crippen LogP) is 3.89. The Labute approximate surface area is 295 Å². The van der Waals surface area contributed by atoms with Crippen molar-refractivity contribution in [2.24, 2.45) is 35.0 Å². The number of hydrogen-bond donors (Lipinski definition) is 3. The van der Waals surface area contributed by atoms with Gasteiger partial charge in [0, 0.05) is 84.5 Å². The maximum Gasteiger partial charge on any atom is 0.339 e. The minimum atomic E-state index is -1.52. The van der Waals surface area contributed by atoms with Crippen LogP contribution in [0.4, 0.5) is 0 Å². The number of rotatable bonds is 9. The van der Waals surface area contributed by atoms with Gasteiger partial charge in [0.05, 0.1) is 17.8 Å². The lowest BCUT2D eigenvalue weighted by atomic mass is 9.42. The Morgan fingerprint density at radius 1 is 1.02 bits per heavy atom. The van der Waals surface area contributed by atoms with Gasteiger partial charge in [0.1, 0.15) is 16.8 Å². The number of likely N-dealkylation sites (tertiary alicyclic amines) is 1. The topological polar surface area (TPSA) is 126 Å². The molecule has 48 heavy (non-hydrogen) atoms. The number of ether oxygens (including phenoxy) is 3. The van der Waals surface area contributed by atoms with E-state index in [-0.39, 0.29) is 60.5 Å². The summed E-state index contributed by atoms with van der Waals surface area (Å²) < 4.78 is 19.9. The highest BCUT2D eigenvalue weighted by atomic mass is 127. The molecule has 8 rings (SSSR count). The Balaban J connectivity index is 1.20. The van der Waals surface area contributed by atoms with E-state index in [0.717, 1.165) is 3.57 Å². The normalized spacial score (nSPS) is 43.6. The first-order valence-electron chi connectivity index (χ1n) is 17.5. The van der Waals surface area contributed by atoms with Crippen LogP contribution in [0.25, 0.3) is 0 Å². The molecule has 2 aromatic rings. The molecule has 7 bridgehead atoms. The third kappa shape index (κ3) is 4.11. The second-order valence-electron chi connectivity index (χ2n) is 15.4. The Kier molecular flexibility index (Phi) is 7.99. The number of likely N-dealkylation sites (N-methyl/N-ethyl adjacent to an activating group) is 1. The number of halogens is 1. The molecule has 3 unspecified atom stereocenters. The molecule has 258 valence electrons. The fraction of sp³-hybridized carbons (Fsp3) is 0.632. The van der Waals surface area contributed by atoms with Crippen LogP contribution in [0.3, 0.4) is 0 Å². The van der Waals surface area contributed by atoms with Crippen LogP contribution in [-0.4, -0.2) is 101 Å². The van der Waals surface area contributed by atoms with Gasteiger partial charge in [-0.15, -0.1) is 0 Å². The molecule has 0 radical (unpaired) electrons. The van der Waals surface area contributed by atoms with Crippen molar-refractivity contribution >= 4 is 34.3 Å². The van der Waals surface area contributed by atoms with Crippen LogP contribution in [0, 0.1) is 38.6 Å². The Hall–Kier alpha value is -1.93. The number of carbonyl (C=O) groups is 2. The number of piperidine rings is 1. The van der Waals surface area contributed by atoms with Gasteiger partial charge in [-0.2, -0.15) is 0 Å². The van der Waals surface area contributed by atoms with Crippen LogP contribution < -0.4 is 0 Å². The smallest absolute Gasteiger partial charge is 0.339 e. The average Bonchev–Trinajstić information content (AvgIpc) is 3.51. The zero-order chi connectivity index (χ0) is 33.8. The summed E-state index contributed by atoms with van der Waals surface area (Å²) in [5, 5.41) is 36.9. The van der Waals surface area contributed by atoms with Crippen LogP contribution in [0.5, 0.6) is 0 Å². The summed E-state index contributed by atoms with van der Waals surface area (Å²) in [5.74, 6) is -1.61. The largest absolute Gasteiger partial charge is 0.454 e. The molecule has 1 spiro atoms. The van der Waals surface area contributed by atoms with Crippen molar-refractivity contribution in [2.45, 2.75) is 80.5 Å². The number of carbonyl (C=O) groups excluding carboxylic acids is 2. The van der Waals surface area contributed by atoms with E-state index in [1.807, 2.05) is 36.4 Å². The van der Waals surface area contributed by atoms with Crippen LogP contribution in [0.2, 0.25) is 0 Å². The van der Waals surface area contributed by atoms with Crippen LogP contribution in [0.1, 0.15) is 65.3 Å². The van der Waals surface area contributed by atoms with Crippen molar-refractivity contribution in [1.29, 1.82) is 0 Å². The van der Waals surface area contributed by atoms with Gasteiger partial charge in [-0.3, -0.25) is 9.69 Å². The van der Waals surface area contributed by atoms with Gasteiger partial charge in [0.25, 0.3) is 0 Å². The van der Waals surface area contributed by atoms with Crippen molar-refractivity contribution in [1.82, 2.24) is 4.90 Å². The molecule has 0 aromatic heterocycles. The number of esters is 1. The van der Waals surface area contributed by atoms with Gasteiger partial charge >= 0.3 is 5.97 Å². The number of methoxy groups -OCH3 is 2. The average molecular weight is 772 g/mol. The first-order valence-corrected chi connectivity index (χ1v) is 18.6. The molecule has 6 aliphatic rings. The molecule has 1 saturated heterocycles. The highest BCUT2D eigenvalue weighted by Gasteiger charge is 2.88. The maximum absolute atomic E-state index is 14.4. The lowest BCUT2D eigenvalue weighted by molar-refractivity contribution is -0.333. The van der Waals surface area contributed by atoms with Crippen LogP contribution >= 0.6 is 22.6 Å². The fourth-order valence-corrected chi connectivity index (χ4v) is 12.9. The second kappa shape index (κ2) is 11.5. The Bertz CT molecular complexity index is 1620. The highest BCUT2D eigenvalue weighted by molar-refractivity contribution is 14.1. The highest BCUT2D eigenvalue weighted by Crippen LogP contribution is 2.80. The summed E-state index contributed by atoms with van der Waals surface area (Å²) in [6.07, 6.45) is 1.95. The summed E-state index contributed by atoms with van der Waals surface area (Å²) in [6, 6.07) is 14.5. The van der Waals surface area contributed by atoms with Crippen molar-refractivity contribution in [3.63, 3.8) is 0 Å². The lowest BCUT2D eigenvalue weighted by Gasteiger charge is -2.71. The monoisotopic (exact) mass is 771 g/mol. The number of benzene rings is 2. The van der Waals surface area contributed by atoms with E-state index < -0.39 is 34.3 Å². The van der Waals surface area contributed by atoms with Gasteiger partial charge in [-0.1, -0.05) is 37.3 Å². The van der Waals surface area contributed by atoms with Crippen molar-refractivity contribution in [2.75, 3.05) is 33.9 Å². The molecule has 5 saturated carbocycles. The quantitative estimate of drug-likeness (QED) is 0.198. The molecule has 1 heterocycles. The van der Waals surface area contributed by atoms with E-state index in [2.05, 4.69) is 34.4 Å². The molecule has 9 nitrogen and oxygen atoms in total. The number of fused-ring (bicyclic) bond motifs is 2. The van der Waals surface area contributed by atoms with E-state index in [0.29, 0.717) is 61.9 Å². The minimum Gasteiger partial charge on any atom is -0.454 e. The van der Waals surface area contributed by atoms with Crippen LogP contribution in [-0.2, 0) is 20.6 Å². The molecule has 0 amide bonds. The molecule has 12 atom stereocenters. The minimum absolute atomic E-state index is 0.0359. The third-order valence-corrected chi connectivity index (χ3v) is 14.8. The Morgan fingerprint density at radius 2 is 1.77 bits per heavy atom. The van der Waals surface area contributed by atoms with Gasteiger partial charge in [0.15, 0.2) is 5.78 Å². The predicted molar refractivity (Wildman–Crippen MR) is 184 cm³/mol. The number of Topliss-reactive ketones (excluding diaryl/α,β-unsaturated/α-hetero) is 1. The zero-order valence-corrected chi connectivity index (χ0v) is 30.0. The number of aliphatic hydroxyl groups excluding tert-OH is 1. The van der Waals surface area contributed by atoms with E-state index in [1.165, 1.54) is 0 Å². The van der Waals surface area contributed by atoms with E-state index in [1.54, 1.807) is 26.4 Å². The van der Waals surface area contributed by atoms with Crippen molar-refractivity contribution in [3.8, 4) is 0 Å². The lowest BCUT2D eigenvalue weighted by Crippen LogP contribution is -2.82. The zero-order valence-electron chi connectivity index (χ0n) is 27.8. The van der Waals surface area contributed by atoms with Crippen molar-refractivity contribution in [3.05, 3.63) is 68.8 Å². The molecular formula is C38H46INO8. The van der Waals surface area contributed by atoms with Gasteiger partial charge in [-0.05, 0) is 84.5 Å². The number of aliphatic hydroxyl groups is 3. The molecule has 3 N–H and O–H groups in total. The van der Waals surface area contributed by atoms with E-state index in [4.69, 9.17) is 14.2 Å². The summed E-state index contributed by atoms with van der Waals surface area (Å²) >= 11 is 2.21. The maximum atomic E-state index is 14.4. The fourth-order valence-electron chi connectivity index (χ4n) is 12.6. The number of ketones is 1. The first-order chi connectivity index (χ1) is 23.0. The summed E-state index contributed by atoms with van der Waals surface area (Å²) in [7, 11) is 3.29. The Morgan fingerprint density at radius 3 is 2.46 bits per heavy atom. The molecule has 1 aliphatic heterocycles. The van der Waals surface area contributed by atoms with Gasteiger partial charge < -0.3 is 29.5 Å². The standard InChI is InChI=1S/C38H46INO8/c1-4-40-20-35(48-34(43)25-8-6-5-7-22(25)15-28(42)21-9-11-24(39)12-10-21)14-13-23(19-41)37-30(35)17-27(32(37)40)36(44)18-29(46-2)26-16-31(37)38(36,45)33(26)47-3/h5-12,23,26-27,29-33,41,44-45H,4,13-20H2,1-3H3/t23-,26-,27+,29+,30?,31?,32?,33+,35-,36+,37+,38+/m1/s1. The third-order valence-electron chi connectivity index (χ3n) is 14.1. The van der Waals surface area contributed by atoms with E-state index in [9.17, 15) is 24.9 Å². The number of hydrogen-bond acceptors (Lipinski definition) is 9. The van der Waals surface area contributed by atoms with E-state index >= 15 is 0 Å². The van der Waals surface area contributed by atoms with Gasteiger partial charge in [-0.25, -0.2) is 4.79 Å². The van der Waals surface area contributed by atoms with Crippen LogP contribution in [0.15, 0.2) is 48.5 Å². The molecule has 6 fully saturated rings. The second-order valence-corrected chi connectivity index (χ2v) is 16.6. The number of nitrogens with zero attached hydrogens (tertiary/aromatic N) is 1. The SMILES string of the molecule is CCN1C[C@]2(OC(=O)c3ccccc3CC(=O)c3ccc(I)cc3)CC[C@H](CO)[C@]34C1[C@H](CC23)[C@@]1(O)C[C@H](OC)[C@H]2CC4[C@]1(O)[C@H]2OC. The van der Waals surface area contributed by atoms with Gasteiger partial charge in [0.2, 0.25) is 0 Å². The molecule has 5 aliphatic carbocycles.